The molecule has 3 heterocycles. The van der Waals surface area contributed by atoms with E-state index in [9.17, 15) is 19.8 Å². The zero-order chi connectivity index (χ0) is 16.7. The van der Waals surface area contributed by atoms with Crippen LogP contribution >= 0.6 is 46.6 Å². The SMILES string of the molecule is C[C@@H](O)[C@H]1C(=O)N2C(C(=O)[O-])=C(SCSc3nnc(N)s3)S[C@H]12.[K+]. The van der Waals surface area contributed by atoms with Crippen LogP contribution in [-0.4, -0.2) is 48.6 Å². The fourth-order valence-corrected chi connectivity index (χ4v) is 7.32. The Morgan fingerprint density at radius 2 is 2.21 bits per heavy atom. The Balaban J connectivity index is 0.00000208. The van der Waals surface area contributed by atoms with E-state index in [1.807, 2.05) is 0 Å². The number of carboxylic acid groups (broad SMARTS) is 1. The summed E-state index contributed by atoms with van der Waals surface area (Å²) in [5, 5.41) is 29.1. The van der Waals surface area contributed by atoms with E-state index in [0.717, 1.165) is 0 Å². The number of hydrogen-bond donors (Lipinski definition) is 2. The van der Waals surface area contributed by atoms with Crippen LogP contribution < -0.4 is 62.2 Å². The molecule has 0 saturated carbocycles. The van der Waals surface area contributed by atoms with Crippen molar-refractivity contribution in [2.75, 3.05) is 10.8 Å². The van der Waals surface area contributed by atoms with Gasteiger partial charge >= 0.3 is 51.4 Å². The number of nitrogens with two attached hydrogens (primary N) is 1. The number of nitrogens with zero attached hydrogens (tertiary/aromatic N) is 3. The van der Waals surface area contributed by atoms with Crippen LogP contribution in [0.25, 0.3) is 0 Å². The first-order valence-corrected chi connectivity index (χ1v) is 10.0. The van der Waals surface area contributed by atoms with Crippen LogP contribution in [0.15, 0.2) is 14.3 Å². The van der Waals surface area contributed by atoms with Crippen molar-refractivity contribution >= 4 is 63.6 Å². The van der Waals surface area contributed by atoms with Crippen molar-refractivity contribution in [2.45, 2.75) is 22.7 Å². The number of carboxylic acids is 1. The number of carbonyl (C=O) groups is 2. The maximum Gasteiger partial charge on any atom is 1.00 e. The molecule has 2 aliphatic rings. The minimum atomic E-state index is -1.38. The van der Waals surface area contributed by atoms with E-state index in [1.54, 1.807) is 0 Å². The number of aromatic nitrogens is 2. The average Bonchev–Trinajstić information content (AvgIpc) is 3.00. The molecule has 1 saturated heterocycles. The molecule has 2 aliphatic heterocycles. The number of carbonyl (C=O) groups excluding carboxylic acids is 2. The van der Waals surface area contributed by atoms with Gasteiger partial charge in [0.1, 0.15) is 5.37 Å². The molecular weight excluding hydrogens is 420 g/mol. The maximum atomic E-state index is 12.0. The van der Waals surface area contributed by atoms with E-state index in [2.05, 4.69) is 10.2 Å². The van der Waals surface area contributed by atoms with Crippen LogP contribution in [0, 0.1) is 5.92 Å². The van der Waals surface area contributed by atoms with Gasteiger partial charge in [0, 0.05) is 0 Å². The fraction of sp³-hybridized carbons (Fsp3) is 0.455. The molecule has 3 N–H and O–H groups in total. The summed E-state index contributed by atoms with van der Waals surface area (Å²) in [7, 11) is 0. The molecule has 1 amide bonds. The first kappa shape index (κ1) is 21.0. The van der Waals surface area contributed by atoms with Crippen LogP contribution in [-0.2, 0) is 9.59 Å². The molecule has 0 bridgehead atoms. The molecule has 13 heteroatoms. The number of nitrogen functional groups attached to an aromatic ring is 1. The Morgan fingerprint density at radius 1 is 1.50 bits per heavy atom. The van der Waals surface area contributed by atoms with Crippen molar-refractivity contribution in [1.82, 2.24) is 15.1 Å². The van der Waals surface area contributed by atoms with Gasteiger partial charge in [0.25, 0.3) is 0 Å². The molecule has 0 radical (unpaired) electrons. The second-order valence-corrected chi connectivity index (χ2v) is 9.69. The Morgan fingerprint density at radius 3 is 2.75 bits per heavy atom. The van der Waals surface area contributed by atoms with E-state index >= 15 is 0 Å². The second-order valence-electron chi connectivity index (χ2n) is 4.72. The summed E-state index contributed by atoms with van der Waals surface area (Å²) in [6.45, 7) is 1.53. The number of β-lactam (4-membered cyclic amide) rings is 1. The fourth-order valence-electron chi connectivity index (χ4n) is 2.25. The third-order valence-electron chi connectivity index (χ3n) is 3.25. The quantitative estimate of drug-likeness (QED) is 0.205. The summed E-state index contributed by atoms with van der Waals surface area (Å²) < 4.78 is 1.20. The number of anilines is 1. The smallest absolute Gasteiger partial charge is 0.543 e. The molecule has 124 valence electrons. The Labute approximate surface area is 196 Å². The number of thioether (sulfide) groups is 3. The number of hydrogen-bond acceptors (Lipinski definition) is 11. The van der Waals surface area contributed by atoms with Gasteiger partial charge in [-0.05, 0) is 6.92 Å². The summed E-state index contributed by atoms with van der Waals surface area (Å²) in [6, 6.07) is 0. The second kappa shape index (κ2) is 8.58. The molecular formula is C11H11KN4O4S4. The van der Waals surface area contributed by atoms with Gasteiger partial charge in [0.2, 0.25) is 11.0 Å². The topological polar surface area (TPSA) is 132 Å². The van der Waals surface area contributed by atoms with Crippen molar-refractivity contribution in [3.05, 3.63) is 9.93 Å². The normalized spacial score (nSPS) is 23.6. The summed E-state index contributed by atoms with van der Waals surface area (Å²) in [5.74, 6) is -2.34. The predicted molar refractivity (Wildman–Crippen MR) is 88.1 cm³/mol. The number of aliphatic carboxylic acids is 1. The van der Waals surface area contributed by atoms with E-state index in [1.165, 1.54) is 58.4 Å². The molecule has 1 fully saturated rings. The Kier molecular flexibility index (Phi) is 7.51. The van der Waals surface area contributed by atoms with Crippen molar-refractivity contribution in [3.8, 4) is 0 Å². The van der Waals surface area contributed by atoms with Gasteiger partial charge in [-0.1, -0.05) is 34.9 Å². The van der Waals surface area contributed by atoms with Gasteiger partial charge in [-0.2, -0.15) is 0 Å². The first-order valence-electron chi connectivity index (χ1n) is 6.38. The van der Waals surface area contributed by atoms with Crippen LogP contribution in [0.3, 0.4) is 0 Å². The van der Waals surface area contributed by atoms with E-state index in [-0.39, 0.29) is 68.4 Å². The monoisotopic (exact) mass is 430 g/mol. The zero-order valence-electron chi connectivity index (χ0n) is 12.7. The maximum absolute atomic E-state index is 12.0. The molecule has 8 nitrogen and oxygen atoms in total. The average molecular weight is 431 g/mol. The zero-order valence-corrected chi connectivity index (χ0v) is 19.1. The predicted octanol–water partition coefficient (Wildman–Crippen LogP) is -3.26. The molecule has 24 heavy (non-hydrogen) atoms. The summed E-state index contributed by atoms with van der Waals surface area (Å²) >= 11 is 5.21. The van der Waals surface area contributed by atoms with E-state index < -0.39 is 18.0 Å². The van der Waals surface area contributed by atoms with Gasteiger partial charge in [0.15, 0.2) is 4.34 Å². The van der Waals surface area contributed by atoms with Crippen molar-refractivity contribution < 1.29 is 71.2 Å². The van der Waals surface area contributed by atoms with Gasteiger partial charge in [-0.15, -0.1) is 22.0 Å². The third-order valence-corrected chi connectivity index (χ3v) is 7.93. The van der Waals surface area contributed by atoms with Gasteiger partial charge < -0.3 is 20.7 Å². The first-order chi connectivity index (χ1) is 10.9. The van der Waals surface area contributed by atoms with E-state index in [0.29, 0.717) is 18.8 Å². The molecule has 1 aromatic rings. The van der Waals surface area contributed by atoms with E-state index in [4.69, 9.17) is 5.73 Å². The van der Waals surface area contributed by atoms with Crippen LogP contribution in [0.1, 0.15) is 6.92 Å². The van der Waals surface area contributed by atoms with Crippen molar-refractivity contribution in [1.29, 1.82) is 0 Å². The van der Waals surface area contributed by atoms with Crippen molar-refractivity contribution in [2.24, 2.45) is 5.92 Å². The Hall–Kier alpha value is 0.686. The minimum Gasteiger partial charge on any atom is -0.543 e. The number of fused-ring (bicyclic) bond motifs is 1. The largest absolute Gasteiger partial charge is 1.00 e. The van der Waals surface area contributed by atoms with Gasteiger partial charge in [0.05, 0.1) is 33.0 Å². The third kappa shape index (κ3) is 3.99. The molecule has 3 rings (SSSR count). The summed E-state index contributed by atoms with van der Waals surface area (Å²) in [5.41, 5.74) is 5.39. The molecule has 1 aromatic heterocycles. The standard InChI is InChI=1S/C11H12N4O4S4.K/c1-3(16)4-6(17)15-5(8(18)19)9(22-7(4)15)20-2-21-11-14-13-10(12)23-11;/h3-4,7,16H,2H2,1H3,(H2,12,13)(H,18,19);/q;+1/p-1/t3-,4+,7-;/m1./s1. The molecule has 0 spiro atoms. The van der Waals surface area contributed by atoms with Crippen molar-refractivity contribution in [3.63, 3.8) is 0 Å². The number of amides is 1. The minimum absolute atomic E-state index is 0. The van der Waals surface area contributed by atoms with Crippen LogP contribution in [0.5, 0.6) is 0 Å². The molecule has 0 aromatic carbocycles. The number of rotatable bonds is 6. The Bertz CT molecular complexity index is 697. The van der Waals surface area contributed by atoms with Crippen LogP contribution in [0.4, 0.5) is 5.13 Å². The van der Waals surface area contributed by atoms with Crippen LogP contribution in [0.2, 0.25) is 0 Å². The van der Waals surface area contributed by atoms with Gasteiger partial charge in [-0.25, -0.2) is 0 Å². The number of aliphatic hydroxyl groups excluding tert-OH is 1. The summed E-state index contributed by atoms with van der Waals surface area (Å²) in [6.07, 6.45) is -0.817. The molecule has 0 aliphatic carbocycles. The van der Waals surface area contributed by atoms with Gasteiger partial charge in [-0.3, -0.25) is 9.69 Å². The summed E-state index contributed by atoms with van der Waals surface area (Å²) in [4.78, 5) is 24.6. The number of aliphatic hydroxyl groups is 1. The molecule has 0 unspecified atom stereocenters. The molecule has 3 atom stereocenters.